The Balaban J connectivity index is 2.32. The van der Waals surface area contributed by atoms with E-state index in [0.717, 1.165) is 16.8 Å². The standard InChI is InChI=1S/C15H18N2O2/c1-4-19-11(3)12-5-7-13(8-6-12)14-9-10(2)16-17-15(14)18/h5-9,11H,4H2,1-3H3,(H,17,18)/t11-/m1/s1. The summed E-state index contributed by atoms with van der Waals surface area (Å²) in [6.45, 7) is 6.53. The average Bonchev–Trinajstić information content (AvgIpc) is 2.42. The first-order valence-electron chi connectivity index (χ1n) is 6.40. The molecule has 0 aliphatic rings. The second kappa shape index (κ2) is 5.80. The van der Waals surface area contributed by atoms with E-state index in [1.807, 2.05) is 45.0 Å². The van der Waals surface area contributed by atoms with Gasteiger partial charge in [-0.15, -0.1) is 0 Å². The maximum Gasteiger partial charge on any atom is 0.272 e. The van der Waals surface area contributed by atoms with Crippen molar-refractivity contribution in [3.63, 3.8) is 0 Å². The Morgan fingerprint density at radius 2 is 2.00 bits per heavy atom. The van der Waals surface area contributed by atoms with E-state index in [-0.39, 0.29) is 11.7 Å². The summed E-state index contributed by atoms with van der Waals surface area (Å²) in [4.78, 5) is 11.8. The zero-order valence-electron chi connectivity index (χ0n) is 11.4. The van der Waals surface area contributed by atoms with Crippen LogP contribution in [0.15, 0.2) is 35.1 Å². The first kappa shape index (κ1) is 13.5. The molecule has 0 spiro atoms. The van der Waals surface area contributed by atoms with E-state index in [2.05, 4.69) is 10.2 Å². The molecule has 1 atom stereocenters. The van der Waals surface area contributed by atoms with Crippen LogP contribution in [-0.4, -0.2) is 16.8 Å². The molecule has 1 aromatic carbocycles. The summed E-state index contributed by atoms with van der Waals surface area (Å²) >= 11 is 0. The summed E-state index contributed by atoms with van der Waals surface area (Å²) in [6, 6.07) is 9.65. The van der Waals surface area contributed by atoms with Crippen LogP contribution >= 0.6 is 0 Å². The average molecular weight is 258 g/mol. The predicted molar refractivity (Wildman–Crippen MR) is 75.1 cm³/mol. The number of rotatable bonds is 4. The molecule has 0 saturated heterocycles. The number of hydrogen-bond donors (Lipinski definition) is 1. The topological polar surface area (TPSA) is 55.0 Å². The quantitative estimate of drug-likeness (QED) is 0.917. The number of nitrogens with zero attached hydrogens (tertiary/aromatic N) is 1. The Bertz CT molecular complexity index is 602. The van der Waals surface area contributed by atoms with Gasteiger partial charge in [-0.1, -0.05) is 24.3 Å². The monoisotopic (exact) mass is 258 g/mol. The highest BCUT2D eigenvalue weighted by atomic mass is 16.5. The van der Waals surface area contributed by atoms with Crippen molar-refractivity contribution in [3.05, 3.63) is 51.9 Å². The van der Waals surface area contributed by atoms with Gasteiger partial charge in [0, 0.05) is 6.61 Å². The van der Waals surface area contributed by atoms with Crippen LogP contribution in [0, 0.1) is 6.92 Å². The van der Waals surface area contributed by atoms with Crippen molar-refractivity contribution in [1.82, 2.24) is 10.2 Å². The number of H-pyrrole nitrogens is 1. The van der Waals surface area contributed by atoms with Crippen LogP contribution in [0.25, 0.3) is 11.1 Å². The lowest BCUT2D eigenvalue weighted by Crippen LogP contribution is -2.11. The summed E-state index contributed by atoms with van der Waals surface area (Å²) in [5, 5.41) is 6.37. The highest BCUT2D eigenvalue weighted by Crippen LogP contribution is 2.21. The Morgan fingerprint density at radius 3 is 2.63 bits per heavy atom. The molecule has 1 heterocycles. The fourth-order valence-electron chi connectivity index (χ4n) is 2.00. The smallest absolute Gasteiger partial charge is 0.272 e. The molecule has 4 nitrogen and oxygen atoms in total. The van der Waals surface area contributed by atoms with Gasteiger partial charge in [-0.25, -0.2) is 5.10 Å². The maximum atomic E-state index is 11.8. The summed E-state index contributed by atoms with van der Waals surface area (Å²) in [5.74, 6) is 0. The fourth-order valence-corrected chi connectivity index (χ4v) is 2.00. The third-order valence-corrected chi connectivity index (χ3v) is 3.04. The minimum atomic E-state index is -0.170. The third kappa shape index (κ3) is 3.09. The normalized spacial score (nSPS) is 12.4. The summed E-state index contributed by atoms with van der Waals surface area (Å²) < 4.78 is 5.54. The van der Waals surface area contributed by atoms with E-state index in [9.17, 15) is 4.79 Å². The SMILES string of the molecule is CCO[C@H](C)c1ccc(-c2cc(C)n[nH]c2=O)cc1. The zero-order chi connectivity index (χ0) is 13.8. The van der Waals surface area contributed by atoms with Gasteiger partial charge in [0.05, 0.1) is 17.4 Å². The predicted octanol–water partition coefficient (Wildman–Crippen LogP) is 2.84. The first-order valence-corrected chi connectivity index (χ1v) is 6.40. The molecule has 0 bridgehead atoms. The van der Waals surface area contributed by atoms with Gasteiger partial charge in [-0.05, 0) is 38.0 Å². The largest absolute Gasteiger partial charge is 0.374 e. The minimum Gasteiger partial charge on any atom is -0.374 e. The van der Waals surface area contributed by atoms with Gasteiger partial charge in [0.25, 0.3) is 5.56 Å². The highest BCUT2D eigenvalue weighted by molar-refractivity contribution is 5.62. The molecule has 19 heavy (non-hydrogen) atoms. The molecule has 0 fully saturated rings. The zero-order valence-corrected chi connectivity index (χ0v) is 11.4. The second-order valence-corrected chi connectivity index (χ2v) is 4.47. The highest BCUT2D eigenvalue weighted by Gasteiger charge is 2.07. The Kier molecular flexibility index (Phi) is 4.12. The van der Waals surface area contributed by atoms with Crippen molar-refractivity contribution in [3.8, 4) is 11.1 Å². The number of benzene rings is 1. The van der Waals surface area contributed by atoms with E-state index in [4.69, 9.17) is 4.74 Å². The summed E-state index contributed by atoms with van der Waals surface area (Å²) in [7, 11) is 0. The molecule has 0 saturated carbocycles. The second-order valence-electron chi connectivity index (χ2n) is 4.47. The van der Waals surface area contributed by atoms with E-state index in [0.29, 0.717) is 12.2 Å². The lowest BCUT2D eigenvalue weighted by atomic mass is 10.0. The number of ether oxygens (including phenoxy) is 1. The lowest BCUT2D eigenvalue weighted by Gasteiger charge is -2.12. The van der Waals surface area contributed by atoms with Gasteiger partial charge in [0.2, 0.25) is 0 Å². The van der Waals surface area contributed by atoms with Crippen LogP contribution in [0.1, 0.15) is 31.2 Å². The van der Waals surface area contributed by atoms with Crippen molar-refractivity contribution in [1.29, 1.82) is 0 Å². The van der Waals surface area contributed by atoms with Crippen LogP contribution in [0.2, 0.25) is 0 Å². The van der Waals surface area contributed by atoms with E-state index >= 15 is 0 Å². The number of nitrogens with one attached hydrogen (secondary N) is 1. The molecular weight excluding hydrogens is 240 g/mol. The van der Waals surface area contributed by atoms with Crippen molar-refractivity contribution in [2.45, 2.75) is 26.9 Å². The van der Waals surface area contributed by atoms with Gasteiger partial charge >= 0.3 is 0 Å². The van der Waals surface area contributed by atoms with Crippen LogP contribution in [0.5, 0.6) is 0 Å². The van der Waals surface area contributed by atoms with Crippen molar-refractivity contribution < 1.29 is 4.74 Å². The third-order valence-electron chi connectivity index (χ3n) is 3.04. The van der Waals surface area contributed by atoms with Gasteiger partial charge in [-0.3, -0.25) is 4.79 Å². The number of hydrogen-bond acceptors (Lipinski definition) is 3. The van der Waals surface area contributed by atoms with Crippen LogP contribution < -0.4 is 5.56 Å². The molecule has 0 radical (unpaired) electrons. The molecule has 4 heteroatoms. The molecule has 0 aliphatic heterocycles. The fraction of sp³-hybridized carbons (Fsp3) is 0.333. The van der Waals surface area contributed by atoms with Crippen molar-refractivity contribution in [2.24, 2.45) is 0 Å². The molecule has 1 N–H and O–H groups in total. The van der Waals surface area contributed by atoms with Gasteiger partial charge in [-0.2, -0.15) is 5.10 Å². The van der Waals surface area contributed by atoms with Gasteiger partial charge < -0.3 is 4.74 Å². The summed E-state index contributed by atoms with van der Waals surface area (Å²) in [5.41, 5.74) is 3.26. The van der Waals surface area contributed by atoms with Gasteiger partial charge in [0.1, 0.15) is 0 Å². The number of aromatic nitrogens is 2. The maximum absolute atomic E-state index is 11.8. The van der Waals surface area contributed by atoms with Gasteiger partial charge in [0.15, 0.2) is 0 Å². The Labute approximate surface area is 112 Å². The van der Waals surface area contributed by atoms with Crippen molar-refractivity contribution >= 4 is 0 Å². The van der Waals surface area contributed by atoms with Crippen molar-refractivity contribution in [2.75, 3.05) is 6.61 Å². The Morgan fingerprint density at radius 1 is 1.32 bits per heavy atom. The molecule has 0 unspecified atom stereocenters. The lowest BCUT2D eigenvalue weighted by molar-refractivity contribution is 0.0764. The van der Waals surface area contributed by atoms with E-state index in [1.54, 1.807) is 6.07 Å². The molecular formula is C15H18N2O2. The summed E-state index contributed by atoms with van der Waals surface area (Å²) in [6.07, 6.45) is 0.0662. The minimum absolute atomic E-state index is 0.0662. The number of aryl methyl sites for hydroxylation is 1. The molecule has 1 aromatic heterocycles. The first-order chi connectivity index (χ1) is 9.11. The molecule has 100 valence electrons. The van der Waals surface area contributed by atoms with E-state index in [1.165, 1.54) is 0 Å². The van der Waals surface area contributed by atoms with Crippen LogP contribution in [0.3, 0.4) is 0 Å². The van der Waals surface area contributed by atoms with E-state index < -0.39 is 0 Å². The van der Waals surface area contributed by atoms with Crippen LogP contribution in [-0.2, 0) is 4.74 Å². The van der Waals surface area contributed by atoms with Crippen LogP contribution in [0.4, 0.5) is 0 Å². The molecule has 0 amide bonds. The Hall–Kier alpha value is -1.94. The molecule has 0 aliphatic carbocycles. The number of aromatic amines is 1. The molecule has 2 rings (SSSR count). The molecule has 2 aromatic rings.